The van der Waals surface area contributed by atoms with E-state index in [1.54, 1.807) is 24.0 Å². The van der Waals surface area contributed by atoms with Gasteiger partial charge in [0.05, 0.1) is 11.2 Å². The molecule has 0 N–H and O–H groups in total. The van der Waals surface area contributed by atoms with Crippen molar-refractivity contribution in [2.45, 2.75) is 30.5 Å². The summed E-state index contributed by atoms with van der Waals surface area (Å²) in [5, 5.41) is 5.98. The van der Waals surface area contributed by atoms with Gasteiger partial charge in [0.15, 0.2) is 0 Å². The zero-order valence-corrected chi connectivity index (χ0v) is 17.1. The normalized spacial score (nSPS) is 11.5. The van der Waals surface area contributed by atoms with Crippen LogP contribution in [0.15, 0.2) is 66.0 Å². The van der Waals surface area contributed by atoms with Gasteiger partial charge in [0, 0.05) is 28.7 Å². The second kappa shape index (κ2) is 7.94. The topological polar surface area (TPSA) is 30.2 Å². The second-order valence-corrected chi connectivity index (χ2v) is 8.26. The third kappa shape index (κ3) is 3.91. The van der Waals surface area contributed by atoms with Crippen LogP contribution in [-0.4, -0.2) is 14.6 Å². The number of fused-ring (bicyclic) bond motifs is 1. The monoisotopic (exact) mass is 411 g/mol. The van der Waals surface area contributed by atoms with Crippen LogP contribution in [0.4, 0.5) is 4.39 Å². The minimum absolute atomic E-state index is 0.331. The fraction of sp³-hybridized carbons (Fsp3) is 0.182. The number of nitrogens with zero attached hydrogens (tertiary/aromatic N) is 3. The first-order valence-electron chi connectivity index (χ1n) is 9.02. The van der Waals surface area contributed by atoms with Gasteiger partial charge < -0.3 is 0 Å². The fourth-order valence-corrected chi connectivity index (χ4v) is 4.27. The van der Waals surface area contributed by atoms with Crippen LogP contribution in [0.25, 0.3) is 16.8 Å². The first-order valence-corrected chi connectivity index (χ1v) is 10.4. The van der Waals surface area contributed by atoms with Crippen LogP contribution in [0.2, 0.25) is 5.02 Å². The number of hydrogen-bond acceptors (Lipinski definition) is 3. The van der Waals surface area contributed by atoms with E-state index in [0.29, 0.717) is 16.7 Å². The van der Waals surface area contributed by atoms with E-state index in [1.165, 1.54) is 17.7 Å². The summed E-state index contributed by atoms with van der Waals surface area (Å²) in [6.45, 7) is 4.37. The maximum atomic E-state index is 13.2. The quantitative estimate of drug-likeness (QED) is 0.346. The number of halogens is 2. The predicted molar refractivity (Wildman–Crippen MR) is 113 cm³/mol. The Bertz CT molecular complexity index is 1120. The molecule has 2 aromatic carbocycles. The van der Waals surface area contributed by atoms with E-state index in [0.717, 1.165) is 27.4 Å². The van der Waals surface area contributed by atoms with Crippen molar-refractivity contribution in [1.82, 2.24) is 14.6 Å². The highest BCUT2D eigenvalue weighted by Gasteiger charge is 2.11. The van der Waals surface area contributed by atoms with Crippen LogP contribution >= 0.6 is 23.4 Å². The largest absolute Gasteiger partial charge is 0.246 e. The number of benzene rings is 2. The van der Waals surface area contributed by atoms with Crippen LogP contribution in [0.3, 0.4) is 0 Å². The molecule has 0 fully saturated rings. The molecule has 142 valence electrons. The summed E-state index contributed by atoms with van der Waals surface area (Å²) in [6.07, 6.45) is 3.58. The SMILES string of the molecule is CC(C)c1ccc(-c2cc3c(SCc4ccc(F)cc4Cl)nccn3n2)cc1. The molecule has 0 unspecified atom stereocenters. The first kappa shape index (κ1) is 19.0. The molecule has 28 heavy (non-hydrogen) atoms. The van der Waals surface area contributed by atoms with Crippen molar-refractivity contribution in [2.75, 3.05) is 0 Å². The van der Waals surface area contributed by atoms with Gasteiger partial charge in [-0.2, -0.15) is 5.10 Å². The van der Waals surface area contributed by atoms with Gasteiger partial charge in [0.25, 0.3) is 0 Å². The lowest BCUT2D eigenvalue weighted by atomic mass is 10.0. The second-order valence-electron chi connectivity index (χ2n) is 6.89. The van der Waals surface area contributed by atoms with E-state index in [2.05, 4.69) is 48.2 Å². The number of hydrogen-bond donors (Lipinski definition) is 0. The Balaban J connectivity index is 1.61. The Kier molecular flexibility index (Phi) is 5.38. The number of thioether (sulfide) groups is 1. The lowest BCUT2D eigenvalue weighted by Gasteiger charge is -2.05. The summed E-state index contributed by atoms with van der Waals surface area (Å²) >= 11 is 7.70. The molecule has 0 aliphatic rings. The minimum Gasteiger partial charge on any atom is -0.246 e. The van der Waals surface area contributed by atoms with Gasteiger partial charge in [0.2, 0.25) is 0 Å². The van der Waals surface area contributed by atoms with Crippen molar-refractivity contribution < 1.29 is 4.39 Å². The van der Waals surface area contributed by atoms with Crippen LogP contribution in [-0.2, 0) is 5.75 Å². The van der Waals surface area contributed by atoms with Gasteiger partial charge in [-0.1, -0.05) is 67.5 Å². The fourth-order valence-electron chi connectivity index (χ4n) is 2.97. The van der Waals surface area contributed by atoms with Gasteiger partial charge in [-0.05, 0) is 35.2 Å². The Morgan fingerprint density at radius 2 is 1.89 bits per heavy atom. The zero-order valence-electron chi connectivity index (χ0n) is 15.6. The van der Waals surface area contributed by atoms with Crippen molar-refractivity contribution in [2.24, 2.45) is 0 Å². The Morgan fingerprint density at radius 1 is 1.11 bits per heavy atom. The Hall–Kier alpha value is -2.37. The molecule has 0 bridgehead atoms. The van der Waals surface area contributed by atoms with E-state index in [4.69, 9.17) is 11.6 Å². The summed E-state index contributed by atoms with van der Waals surface area (Å²) < 4.78 is 15.1. The van der Waals surface area contributed by atoms with Crippen molar-refractivity contribution in [3.05, 3.63) is 82.9 Å². The Morgan fingerprint density at radius 3 is 2.61 bits per heavy atom. The van der Waals surface area contributed by atoms with Gasteiger partial charge in [-0.3, -0.25) is 0 Å². The minimum atomic E-state index is -0.331. The molecule has 4 aromatic rings. The van der Waals surface area contributed by atoms with Crippen LogP contribution in [0, 0.1) is 5.82 Å². The molecule has 3 nitrogen and oxygen atoms in total. The van der Waals surface area contributed by atoms with Gasteiger partial charge in [0.1, 0.15) is 10.8 Å². The van der Waals surface area contributed by atoms with Crippen LogP contribution in [0.1, 0.15) is 30.9 Å². The van der Waals surface area contributed by atoms with Crippen LogP contribution < -0.4 is 0 Å². The molecule has 2 heterocycles. The molecule has 0 atom stereocenters. The molecule has 4 rings (SSSR count). The zero-order chi connectivity index (χ0) is 19.7. The summed E-state index contributed by atoms with van der Waals surface area (Å²) in [5.74, 6) is 0.776. The van der Waals surface area contributed by atoms with Gasteiger partial charge in [-0.25, -0.2) is 13.9 Å². The molecule has 0 saturated heterocycles. The van der Waals surface area contributed by atoms with E-state index in [1.807, 2.05) is 16.8 Å². The molecular formula is C22H19ClFN3S. The summed E-state index contributed by atoms with van der Waals surface area (Å²) in [4.78, 5) is 4.50. The summed E-state index contributed by atoms with van der Waals surface area (Å²) in [7, 11) is 0. The molecule has 6 heteroatoms. The van der Waals surface area contributed by atoms with Crippen molar-refractivity contribution >= 4 is 28.9 Å². The smallest absolute Gasteiger partial charge is 0.124 e. The third-order valence-electron chi connectivity index (χ3n) is 4.61. The highest BCUT2D eigenvalue weighted by atomic mass is 35.5. The first-order chi connectivity index (χ1) is 13.5. The van der Waals surface area contributed by atoms with E-state index in [-0.39, 0.29) is 5.82 Å². The van der Waals surface area contributed by atoms with Crippen LogP contribution in [0.5, 0.6) is 0 Å². The molecule has 0 saturated carbocycles. The molecular weight excluding hydrogens is 393 g/mol. The maximum Gasteiger partial charge on any atom is 0.124 e. The van der Waals surface area contributed by atoms with Gasteiger partial charge >= 0.3 is 0 Å². The molecule has 0 radical (unpaired) electrons. The van der Waals surface area contributed by atoms with E-state index >= 15 is 0 Å². The molecule has 0 spiro atoms. The highest BCUT2D eigenvalue weighted by molar-refractivity contribution is 7.98. The maximum absolute atomic E-state index is 13.2. The average Bonchev–Trinajstić information content (AvgIpc) is 3.12. The average molecular weight is 412 g/mol. The third-order valence-corrected chi connectivity index (χ3v) is 6.00. The Labute approximate surface area is 172 Å². The van der Waals surface area contributed by atoms with E-state index < -0.39 is 0 Å². The lowest BCUT2D eigenvalue weighted by molar-refractivity contribution is 0.627. The molecule has 2 aromatic heterocycles. The van der Waals surface area contributed by atoms with Crippen molar-refractivity contribution in [3.8, 4) is 11.3 Å². The summed E-state index contributed by atoms with van der Waals surface area (Å²) in [6, 6.07) is 15.0. The van der Waals surface area contributed by atoms with Crippen molar-refractivity contribution in [1.29, 1.82) is 0 Å². The number of aromatic nitrogens is 3. The highest BCUT2D eigenvalue weighted by Crippen LogP contribution is 2.30. The molecule has 0 aliphatic carbocycles. The lowest BCUT2D eigenvalue weighted by Crippen LogP contribution is -1.92. The molecule has 0 amide bonds. The van der Waals surface area contributed by atoms with Crippen molar-refractivity contribution in [3.63, 3.8) is 0 Å². The number of rotatable bonds is 5. The predicted octanol–water partition coefficient (Wildman–Crippen LogP) is 6.60. The molecule has 0 aliphatic heterocycles. The summed E-state index contributed by atoms with van der Waals surface area (Å²) in [5.41, 5.74) is 5.10. The van der Waals surface area contributed by atoms with E-state index in [9.17, 15) is 4.39 Å². The standard InChI is InChI=1S/C22H19ClFN3S/c1-14(2)15-3-5-16(6-4-15)20-12-21-22(25-9-10-27(21)26-20)28-13-17-7-8-18(24)11-19(17)23/h3-12,14H,13H2,1-2H3. The van der Waals surface area contributed by atoms with Gasteiger partial charge in [-0.15, -0.1) is 0 Å².